The van der Waals surface area contributed by atoms with Crippen molar-refractivity contribution >= 4 is 12.0 Å². The normalized spacial score (nSPS) is 18.8. The Morgan fingerprint density at radius 2 is 1.67 bits per heavy atom. The first-order chi connectivity index (χ1) is 24.7. The molecule has 0 radical (unpaired) electrons. The number of morpholine rings is 1. The molecule has 1 aliphatic heterocycles. The standard InChI is InChI=1S/C41H55N3O7/c1-4-41(3,5-2)51-40(48)42-35(27-30-11-7-6-8-12-30)36(45)19-20-38(47)44(39-34-14-10-9-13-32(34)28-37(39)46)29-31-15-17-33(18-16-31)50-26-23-43-21-24-49-25-22-43/h6-18,35-37,39,45-46H,4-5,19-29H2,1-3H3,(H,42,48)/t35-,36-,37+,39-/m0/s1. The molecule has 3 aromatic carbocycles. The Balaban J connectivity index is 1.27. The van der Waals surface area contributed by atoms with Crippen LogP contribution in [0.1, 0.15) is 74.8 Å². The van der Waals surface area contributed by atoms with Crippen molar-refractivity contribution in [3.8, 4) is 5.75 Å². The van der Waals surface area contributed by atoms with E-state index in [9.17, 15) is 19.8 Å². The maximum absolute atomic E-state index is 14.2. The van der Waals surface area contributed by atoms with Gasteiger partial charge in [-0.25, -0.2) is 4.79 Å². The SMILES string of the molecule is CCC(C)(CC)OC(=O)N[C@@H](Cc1ccccc1)[C@@H](O)CCC(=O)N(Cc1ccc(OCCN2CCOCC2)cc1)[C@H]1c2ccccc2C[C@H]1O. The summed E-state index contributed by atoms with van der Waals surface area (Å²) < 4.78 is 17.2. The Hall–Kier alpha value is -3.96. The van der Waals surface area contributed by atoms with Gasteiger partial charge in [-0.2, -0.15) is 0 Å². The van der Waals surface area contributed by atoms with Gasteiger partial charge in [0.15, 0.2) is 0 Å². The summed E-state index contributed by atoms with van der Waals surface area (Å²) in [5.41, 5.74) is 3.19. The molecule has 3 N–H and O–H groups in total. The molecule has 276 valence electrons. The number of amides is 2. The van der Waals surface area contributed by atoms with Gasteiger partial charge in [-0.05, 0) is 67.0 Å². The third kappa shape index (κ3) is 10.8. The summed E-state index contributed by atoms with van der Waals surface area (Å²) in [6.07, 6.45) is -0.0656. The lowest BCUT2D eigenvalue weighted by atomic mass is 9.97. The number of hydrogen-bond acceptors (Lipinski definition) is 8. The molecule has 0 aromatic heterocycles. The molecule has 4 atom stereocenters. The first-order valence-corrected chi connectivity index (χ1v) is 18.5. The smallest absolute Gasteiger partial charge is 0.407 e. The number of benzene rings is 3. The van der Waals surface area contributed by atoms with Gasteiger partial charge in [0.05, 0.1) is 37.5 Å². The van der Waals surface area contributed by atoms with Crippen LogP contribution in [0, 0.1) is 0 Å². The van der Waals surface area contributed by atoms with Gasteiger partial charge in [0.2, 0.25) is 5.91 Å². The Morgan fingerprint density at radius 3 is 2.37 bits per heavy atom. The van der Waals surface area contributed by atoms with E-state index in [-0.39, 0.29) is 25.3 Å². The van der Waals surface area contributed by atoms with Crippen molar-refractivity contribution in [2.24, 2.45) is 0 Å². The summed E-state index contributed by atoms with van der Waals surface area (Å²) >= 11 is 0. The average Bonchev–Trinajstić information content (AvgIpc) is 3.49. The number of carbonyl (C=O) groups excluding carboxylic acids is 2. The minimum atomic E-state index is -1.02. The van der Waals surface area contributed by atoms with Gasteiger partial charge in [-0.1, -0.05) is 80.6 Å². The van der Waals surface area contributed by atoms with Crippen molar-refractivity contribution in [3.63, 3.8) is 0 Å². The van der Waals surface area contributed by atoms with E-state index in [0.717, 1.165) is 60.9 Å². The van der Waals surface area contributed by atoms with Crippen LogP contribution in [0.5, 0.6) is 5.75 Å². The summed E-state index contributed by atoms with van der Waals surface area (Å²) in [5, 5.41) is 25.7. The topological polar surface area (TPSA) is 121 Å². The van der Waals surface area contributed by atoms with Crippen LogP contribution in [0.25, 0.3) is 0 Å². The van der Waals surface area contributed by atoms with Gasteiger partial charge in [-0.15, -0.1) is 0 Å². The maximum atomic E-state index is 14.2. The van der Waals surface area contributed by atoms with Gasteiger partial charge >= 0.3 is 6.09 Å². The van der Waals surface area contributed by atoms with E-state index in [1.807, 2.05) is 99.6 Å². The molecule has 1 saturated heterocycles. The number of aliphatic hydroxyl groups is 2. The fourth-order valence-corrected chi connectivity index (χ4v) is 6.84. The molecule has 0 unspecified atom stereocenters. The largest absolute Gasteiger partial charge is 0.492 e. The Kier molecular flexibility index (Phi) is 13.9. The predicted molar refractivity (Wildman–Crippen MR) is 196 cm³/mol. The second kappa shape index (κ2) is 18.5. The van der Waals surface area contributed by atoms with Crippen molar-refractivity contribution < 1.29 is 34.0 Å². The summed E-state index contributed by atoms with van der Waals surface area (Å²) in [6.45, 7) is 10.8. The van der Waals surface area contributed by atoms with Gasteiger partial charge in [-0.3, -0.25) is 9.69 Å². The van der Waals surface area contributed by atoms with Crippen LogP contribution in [0.3, 0.4) is 0 Å². The van der Waals surface area contributed by atoms with Crippen LogP contribution in [-0.4, -0.2) is 95.3 Å². The Labute approximate surface area is 302 Å². The summed E-state index contributed by atoms with van der Waals surface area (Å²) in [5.74, 6) is 0.569. The number of carbonyl (C=O) groups is 2. The highest BCUT2D eigenvalue weighted by atomic mass is 16.6. The zero-order valence-corrected chi connectivity index (χ0v) is 30.3. The van der Waals surface area contributed by atoms with E-state index < -0.39 is 36.0 Å². The lowest BCUT2D eigenvalue weighted by molar-refractivity contribution is -0.137. The van der Waals surface area contributed by atoms with Crippen molar-refractivity contribution in [1.29, 1.82) is 0 Å². The van der Waals surface area contributed by atoms with Gasteiger partial charge < -0.3 is 34.6 Å². The Bertz CT molecular complexity index is 1530. The van der Waals surface area contributed by atoms with Gasteiger partial charge in [0.25, 0.3) is 0 Å². The van der Waals surface area contributed by atoms with E-state index >= 15 is 0 Å². The van der Waals surface area contributed by atoms with Gasteiger partial charge in [0.1, 0.15) is 18.0 Å². The minimum absolute atomic E-state index is 0.0267. The molecule has 1 fully saturated rings. The number of ether oxygens (including phenoxy) is 3. The fourth-order valence-electron chi connectivity index (χ4n) is 6.84. The first kappa shape index (κ1) is 38.3. The number of rotatable bonds is 17. The highest BCUT2D eigenvalue weighted by Crippen LogP contribution is 2.37. The van der Waals surface area contributed by atoms with Crippen molar-refractivity contribution in [1.82, 2.24) is 15.1 Å². The molecule has 5 rings (SSSR count). The second-order valence-electron chi connectivity index (χ2n) is 14.0. The third-order valence-electron chi connectivity index (χ3n) is 10.4. The van der Waals surface area contributed by atoms with Crippen LogP contribution < -0.4 is 10.1 Å². The lowest BCUT2D eigenvalue weighted by Crippen LogP contribution is -2.48. The summed E-state index contributed by atoms with van der Waals surface area (Å²) in [4.78, 5) is 31.3. The number of alkyl carbamates (subject to hydrolysis) is 1. The molecule has 0 spiro atoms. The predicted octanol–water partition coefficient (Wildman–Crippen LogP) is 5.44. The van der Waals surface area contributed by atoms with Crippen LogP contribution in [0.4, 0.5) is 4.79 Å². The van der Waals surface area contributed by atoms with Crippen molar-refractivity contribution in [2.75, 3.05) is 39.5 Å². The number of fused-ring (bicyclic) bond motifs is 1. The number of aliphatic hydroxyl groups excluding tert-OH is 2. The monoisotopic (exact) mass is 701 g/mol. The second-order valence-corrected chi connectivity index (χ2v) is 14.0. The highest BCUT2D eigenvalue weighted by Gasteiger charge is 2.38. The van der Waals surface area contributed by atoms with Crippen molar-refractivity contribution in [3.05, 3.63) is 101 Å². The van der Waals surface area contributed by atoms with Crippen LogP contribution in [-0.2, 0) is 33.7 Å². The van der Waals surface area contributed by atoms with E-state index in [4.69, 9.17) is 14.2 Å². The molecule has 1 heterocycles. The molecule has 10 heteroatoms. The zero-order chi connectivity index (χ0) is 36.2. The molecular weight excluding hydrogens is 646 g/mol. The third-order valence-corrected chi connectivity index (χ3v) is 10.4. The average molecular weight is 702 g/mol. The number of nitrogens with zero attached hydrogens (tertiary/aromatic N) is 2. The lowest BCUT2D eigenvalue weighted by Gasteiger charge is -2.33. The zero-order valence-electron chi connectivity index (χ0n) is 30.3. The molecule has 2 amide bonds. The summed E-state index contributed by atoms with van der Waals surface area (Å²) in [7, 11) is 0. The van der Waals surface area contributed by atoms with E-state index in [0.29, 0.717) is 32.3 Å². The molecule has 0 bridgehead atoms. The molecule has 2 aliphatic rings. The number of nitrogens with one attached hydrogen (secondary N) is 1. The van der Waals surface area contributed by atoms with Gasteiger partial charge in [0, 0.05) is 39.0 Å². The molecular formula is C41H55N3O7. The van der Waals surface area contributed by atoms with E-state index in [1.54, 1.807) is 4.90 Å². The summed E-state index contributed by atoms with van der Waals surface area (Å²) in [6, 6.07) is 24.0. The van der Waals surface area contributed by atoms with E-state index in [1.165, 1.54) is 0 Å². The van der Waals surface area contributed by atoms with Crippen LogP contribution in [0.2, 0.25) is 0 Å². The first-order valence-electron chi connectivity index (χ1n) is 18.5. The molecule has 10 nitrogen and oxygen atoms in total. The van der Waals surface area contributed by atoms with Crippen LogP contribution in [0.15, 0.2) is 78.9 Å². The molecule has 0 saturated carbocycles. The number of hydrogen-bond donors (Lipinski definition) is 3. The Morgan fingerprint density at radius 1 is 0.980 bits per heavy atom. The highest BCUT2D eigenvalue weighted by molar-refractivity contribution is 5.77. The molecule has 3 aromatic rings. The van der Waals surface area contributed by atoms with E-state index in [2.05, 4.69) is 10.2 Å². The molecule has 51 heavy (non-hydrogen) atoms. The fraction of sp³-hybridized carbons (Fsp3) is 0.512. The minimum Gasteiger partial charge on any atom is -0.492 e. The quantitative estimate of drug-likeness (QED) is 0.170. The maximum Gasteiger partial charge on any atom is 0.407 e. The molecule has 1 aliphatic carbocycles. The van der Waals surface area contributed by atoms with Crippen molar-refractivity contribution in [2.45, 2.75) is 95.7 Å². The van der Waals surface area contributed by atoms with Crippen LogP contribution >= 0.6 is 0 Å².